The summed E-state index contributed by atoms with van der Waals surface area (Å²) in [6.45, 7) is 4.88. The lowest BCUT2D eigenvalue weighted by molar-refractivity contribution is -0.138. The van der Waals surface area contributed by atoms with Gasteiger partial charge in [0.15, 0.2) is 0 Å². The Hall–Kier alpha value is -2.53. The maximum absolute atomic E-state index is 12.5. The summed E-state index contributed by atoms with van der Waals surface area (Å²) in [6.07, 6.45) is 2.48. The normalized spacial score (nSPS) is 17.5. The van der Waals surface area contributed by atoms with Crippen LogP contribution in [0.3, 0.4) is 0 Å². The van der Waals surface area contributed by atoms with Crippen molar-refractivity contribution in [2.45, 2.75) is 44.8 Å². The van der Waals surface area contributed by atoms with Gasteiger partial charge in [0, 0.05) is 41.7 Å². The van der Waals surface area contributed by atoms with E-state index in [1.165, 1.54) is 0 Å². The van der Waals surface area contributed by atoms with Crippen LogP contribution in [0.1, 0.15) is 38.2 Å². The van der Waals surface area contributed by atoms with Crippen molar-refractivity contribution in [2.24, 2.45) is 0 Å². The molecule has 0 aliphatic carbocycles. The molecule has 0 atom stereocenters. The SMILES string of the molecule is CCCCOc1ccc(NC(=O)ON2CCC3(CC2)CN(Cc2ccc(I)cc2)C(=O)O3)cc1. The molecule has 0 bridgehead atoms. The van der Waals surface area contributed by atoms with E-state index in [9.17, 15) is 9.59 Å². The van der Waals surface area contributed by atoms with Crippen molar-refractivity contribution in [3.05, 3.63) is 57.7 Å². The fourth-order valence-electron chi connectivity index (χ4n) is 4.10. The summed E-state index contributed by atoms with van der Waals surface area (Å²) in [7, 11) is 0. The molecule has 2 amide bonds. The molecule has 2 fully saturated rings. The number of piperidine rings is 1. The molecule has 8 nitrogen and oxygen atoms in total. The summed E-state index contributed by atoms with van der Waals surface area (Å²) in [5.41, 5.74) is 1.19. The number of anilines is 1. The maximum atomic E-state index is 12.5. The van der Waals surface area contributed by atoms with E-state index in [1.807, 2.05) is 36.4 Å². The zero-order valence-corrected chi connectivity index (χ0v) is 21.5. The number of unbranched alkanes of at least 4 members (excludes halogenated alkanes) is 1. The van der Waals surface area contributed by atoms with Crippen molar-refractivity contribution in [1.29, 1.82) is 0 Å². The Morgan fingerprint density at radius 1 is 1.12 bits per heavy atom. The van der Waals surface area contributed by atoms with Crippen LogP contribution in [0.2, 0.25) is 0 Å². The Balaban J connectivity index is 1.22. The molecule has 2 heterocycles. The Morgan fingerprint density at radius 2 is 1.82 bits per heavy atom. The molecule has 2 aromatic rings. The molecule has 0 unspecified atom stereocenters. The fraction of sp³-hybridized carbons (Fsp3) is 0.440. The third-order valence-corrected chi connectivity index (χ3v) is 6.76. The van der Waals surface area contributed by atoms with Gasteiger partial charge in [-0.25, -0.2) is 9.59 Å². The van der Waals surface area contributed by atoms with E-state index in [-0.39, 0.29) is 6.09 Å². The first-order valence-corrected chi connectivity index (χ1v) is 12.7. The van der Waals surface area contributed by atoms with Gasteiger partial charge in [-0.2, -0.15) is 0 Å². The quantitative estimate of drug-likeness (QED) is 0.333. The number of halogens is 1. The number of amides is 2. The average Bonchev–Trinajstić information content (AvgIpc) is 3.12. The second kappa shape index (κ2) is 11.3. The van der Waals surface area contributed by atoms with Crippen LogP contribution in [0.4, 0.5) is 15.3 Å². The highest BCUT2D eigenvalue weighted by Crippen LogP contribution is 2.34. The first-order chi connectivity index (χ1) is 16.4. The summed E-state index contributed by atoms with van der Waals surface area (Å²) in [5, 5.41) is 4.36. The second-order valence-corrected chi connectivity index (χ2v) is 9.94. The summed E-state index contributed by atoms with van der Waals surface area (Å²) < 4.78 is 12.6. The van der Waals surface area contributed by atoms with Crippen LogP contribution < -0.4 is 10.1 Å². The number of benzene rings is 2. The van der Waals surface area contributed by atoms with Crippen molar-refractivity contribution < 1.29 is 23.9 Å². The molecule has 182 valence electrons. The minimum atomic E-state index is -0.542. The number of hydrogen-bond donors (Lipinski definition) is 1. The first-order valence-electron chi connectivity index (χ1n) is 11.6. The number of nitrogens with one attached hydrogen (secondary N) is 1. The summed E-state index contributed by atoms with van der Waals surface area (Å²) in [4.78, 5) is 32.0. The molecular formula is C25H30IN3O5. The highest BCUT2D eigenvalue weighted by Gasteiger charge is 2.47. The number of rotatable bonds is 8. The number of hydroxylamine groups is 2. The van der Waals surface area contributed by atoms with E-state index in [0.29, 0.717) is 51.3 Å². The molecule has 0 aromatic heterocycles. The van der Waals surface area contributed by atoms with Gasteiger partial charge in [0.05, 0.1) is 13.2 Å². The summed E-state index contributed by atoms with van der Waals surface area (Å²) in [6, 6.07) is 15.3. The number of carbonyl (C=O) groups excluding carboxylic acids is 2. The van der Waals surface area contributed by atoms with E-state index in [4.69, 9.17) is 14.3 Å². The number of hydrogen-bond acceptors (Lipinski definition) is 6. The number of ether oxygens (including phenoxy) is 2. The molecule has 2 aliphatic rings. The predicted molar refractivity (Wildman–Crippen MR) is 137 cm³/mol. The maximum Gasteiger partial charge on any atom is 0.430 e. The van der Waals surface area contributed by atoms with E-state index in [0.717, 1.165) is 27.7 Å². The minimum Gasteiger partial charge on any atom is -0.494 e. The van der Waals surface area contributed by atoms with Crippen LogP contribution in [0.5, 0.6) is 5.75 Å². The van der Waals surface area contributed by atoms with Gasteiger partial charge in [-0.15, -0.1) is 5.06 Å². The average molecular weight is 579 g/mol. The van der Waals surface area contributed by atoms with Crippen LogP contribution in [-0.2, 0) is 16.1 Å². The molecular weight excluding hydrogens is 549 g/mol. The molecule has 34 heavy (non-hydrogen) atoms. The van der Waals surface area contributed by atoms with E-state index in [2.05, 4.69) is 34.8 Å². The zero-order valence-electron chi connectivity index (χ0n) is 19.3. The van der Waals surface area contributed by atoms with Crippen LogP contribution in [0.15, 0.2) is 48.5 Å². The lowest BCUT2D eigenvalue weighted by Gasteiger charge is -2.36. The lowest BCUT2D eigenvalue weighted by Crippen LogP contribution is -2.47. The fourth-order valence-corrected chi connectivity index (χ4v) is 4.46. The van der Waals surface area contributed by atoms with Crippen molar-refractivity contribution in [1.82, 2.24) is 9.96 Å². The highest BCUT2D eigenvalue weighted by molar-refractivity contribution is 14.1. The zero-order chi connectivity index (χ0) is 24.0. The van der Waals surface area contributed by atoms with Gasteiger partial charge < -0.3 is 14.3 Å². The van der Waals surface area contributed by atoms with Crippen LogP contribution in [0, 0.1) is 3.57 Å². The van der Waals surface area contributed by atoms with Gasteiger partial charge >= 0.3 is 12.2 Å². The topological polar surface area (TPSA) is 80.3 Å². The Labute approximate surface area is 213 Å². The molecule has 1 N–H and O–H groups in total. The molecule has 0 radical (unpaired) electrons. The number of carbonyl (C=O) groups is 2. The van der Waals surface area contributed by atoms with E-state index in [1.54, 1.807) is 22.1 Å². The van der Waals surface area contributed by atoms with Gasteiger partial charge in [-0.3, -0.25) is 10.2 Å². The van der Waals surface area contributed by atoms with Crippen molar-refractivity contribution >= 4 is 40.5 Å². The standard InChI is InChI=1S/C25H30IN3O5/c1-2-3-16-32-22-10-8-21(9-11-22)27-23(30)34-29-14-12-25(13-15-29)18-28(24(31)33-25)17-19-4-6-20(26)7-5-19/h4-11H,2-3,12-18H2,1H3,(H,27,30). The van der Waals surface area contributed by atoms with E-state index < -0.39 is 11.7 Å². The van der Waals surface area contributed by atoms with Gasteiger partial charge in [0.1, 0.15) is 11.4 Å². The molecule has 2 aromatic carbocycles. The van der Waals surface area contributed by atoms with Crippen LogP contribution in [-0.4, -0.2) is 54.0 Å². The van der Waals surface area contributed by atoms with Gasteiger partial charge in [0.2, 0.25) is 0 Å². The highest BCUT2D eigenvalue weighted by atomic mass is 127. The van der Waals surface area contributed by atoms with Crippen LogP contribution in [0.25, 0.3) is 0 Å². The monoisotopic (exact) mass is 579 g/mol. The molecule has 4 rings (SSSR count). The van der Waals surface area contributed by atoms with Crippen molar-refractivity contribution in [3.8, 4) is 5.75 Å². The van der Waals surface area contributed by atoms with Gasteiger partial charge in [-0.1, -0.05) is 25.5 Å². The molecule has 9 heteroatoms. The van der Waals surface area contributed by atoms with Crippen LogP contribution >= 0.6 is 22.6 Å². The first kappa shape index (κ1) is 24.6. The molecule has 2 aliphatic heterocycles. The van der Waals surface area contributed by atoms with Crippen molar-refractivity contribution in [3.63, 3.8) is 0 Å². The lowest BCUT2D eigenvalue weighted by atomic mass is 9.92. The third-order valence-electron chi connectivity index (χ3n) is 6.04. The summed E-state index contributed by atoms with van der Waals surface area (Å²) in [5.74, 6) is 0.774. The third kappa shape index (κ3) is 6.53. The Morgan fingerprint density at radius 3 is 2.50 bits per heavy atom. The van der Waals surface area contributed by atoms with Gasteiger partial charge in [-0.05, 0) is 71.0 Å². The number of nitrogens with zero attached hydrogens (tertiary/aromatic N) is 2. The summed E-state index contributed by atoms with van der Waals surface area (Å²) >= 11 is 2.26. The largest absolute Gasteiger partial charge is 0.494 e. The molecule has 0 saturated carbocycles. The Kier molecular flexibility index (Phi) is 8.15. The smallest absolute Gasteiger partial charge is 0.430 e. The minimum absolute atomic E-state index is 0.284. The molecule has 1 spiro atoms. The Bertz CT molecular complexity index is 975. The molecule has 2 saturated heterocycles. The van der Waals surface area contributed by atoms with Crippen molar-refractivity contribution in [2.75, 3.05) is 31.6 Å². The van der Waals surface area contributed by atoms with E-state index >= 15 is 0 Å². The predicted octanol–water partition coefficient (Wildman–Crippen LogP) is 5.42. The second-order valence-electron chi connectivity index (χ2n) is 8.69. The van der Waals surface area contributed by atoms with Gasteiger partial charge in [0.25, 0.3) is 0 Å².